The average molecular weight is 336 g/mol. The lowest BCUT2D eigenvalue weighted by Crippen LogP contribution is -2.27. The smallest absolute Gasteiger partial charge is 0.412 e. The van der Waals surface area contributed by atoms with Gasteiger partial charge in [-0.2, -0.15) is 11.3 Å². The van der Waals surface area contributed by atoms with Gasteiger partial charge in [0.05, 0.1) is 11.4 Å². The van der Waals surface area contributed by atoms with Crippen LogP contribution in [0, 0.1) is 5.82 Å². The number of rotatable bonds is 4. The standard InChI is InChI=1S/C17H21FN2O2S/c1-11(12-7-8-23-10-12)19-15-9-13(18)5-6-14(15)20-16(21)22-17(2,3)4/h5-11,19H,1-4H3,(H,20,21). The first-order chi connectivity index (χ1) is 10.7. The minimum absolute atomic E-state index is 0.0118. The van der Waals surface area contributed by atoms with Crippen LogP contribution >= 0.6 is 11.3 Å². The second-order valence-electron chi connectivity index (χ2n) is 6.24. The fourth-order valence-corrected chi connectivity index (χ4v) is 2.75. The molecule has 1 heterocycles. The third-order valence-electron chi connectivity index (χ3n) is 3.03. The van der Waals surface area contributed by atoms with Crippen LogP contribution in [0.5, 0.6) is 0 Å². The van der Waals surface area contributed by atoms with Gasteiger partial charge in [0.2, 0.25) is 0 Å². The van der Waals surface area contributed by atoms with Gasteiger partial charge in [-0.3, -0.25) is 5.32 Å². The molecule has 0 spiro atoms. The first kappa shape index (κ1) is 17.3. The van der Waals surface area contributed by atoms with Gasteiger partial charge in [-0.1, -0.05) is 0 Å². The molecule has 4 nitrogen and oxygen atoms in total. The van der Waals surface area contributed by atoms with E-state index in [0.29, 0.717) is 11.4 Å². The number of carbonyl (C=O) groups is 1. The number of amides is 1. The SMILES string of the molecule is CC(Nc1cc(F)ccc1NC(=O)OC(C)(C)C)c1ccsc1. The van der Waals surface area contributed by atoms with Gasteiger partial charge in [-0.05, 0) is 68.3 Å². The summed E-state index contributed by atoms with van der Waals surface area (Å²) in [5, 5.41) is 9.89. The van der Waals surface area contributed by atoms with Crippen molar-refractivity contribution in [1.82, 2.24) is 0 Å². The number of carbonyl (C=O) groups excluding carboxylic acids is 1. The van der Waals surface area contributed by atoms with E-state index in [4.69, 9.17) is 4.74 Å². The van der Waals surface area contributed by atoms with Gasteiger partial charge in [0, 0.05) is 6.04 Å². The number of ether oxygens (including phenoxy) is 1. The van der Waals surface area contributed by atoms with Crippen LogP contribution in [-0.4, -0.2) is 11.7 Å². The zero-order valence-corrected chi connectivity index (χ0v) is 14.5. The van der Waals surface area contributed by atoms with E-state index in [1.165, 1.54) is 18.2 Å². The summed E-state index contributed by atoms with van der Waals surface area (Å²) in [5.74, 6) is -0.375. The molecule has 2 N–H and O–H groups in total. The van der Waals surface area contributed by atoms with Crippen LogP contribution in [0.1, 0.15) is 39.3 Å². The largest absolute Gasteiger partial charge is 0.444 e. The molecule has 0 saturated heterocycles. The predicted molar refractivity (Wildman–Crippen MR) is 92.6 cm³/mol. The summed E-state index contributed by atoms with van der Waals surface area (Å²) in [4.78, 5) is 11.9. The molecule has 0 radical (unpaired) electrons. The molecule has 0 saturated carbocycles. The summed E-state index contributed by atoms with van der Waals surface area (Å²) in [7, 11) is 0. The third kappa shape index (κ3) is 5.25. The second-order valence-corrected chi connectivity index (χ2v) is 7.02. The lowest BCUT2D eigenvalue weighted by Gasteiger charge is -2.22. The highest BCUT2D eigenvalue weighted by Gasteiger charge is 2.18. The first-order valence-electron chi connectivity index (χ1n) is 7.33. The van der Waals surface area contributed by atoms with Crippen molar-refractivity contribution < 1.29 is 13.9 Å². The predicted octanol–water partition coefficient (Wildman–Crippen LogP) is 5.41. The Hall–Kier alpha value is -2.08. The average Bonchev–Trinajstić information content (AvgIpc) is 2.93. The van der Waals surface area contributed by atoms with Crippen molar-refractivity contribution in [2.75, 3.05) is 10.6 Å². The van der Waals surface area contributed by atoms with E-state index in [2.05, 4.69) is 10.6 Å². The van der Waals surface area contributed by atoms with E-state index in [-0.39, 0.29) is 11.9 Å². The van der Waals surface area contributed by atoms with Crippen molar-refractivity contribution >= 4 is 28.8 Å². The van der Waals surface area contributed by atoms with Crippen molar-refractivity contribution in [3.8, 4) is 0 Å². The van der Waals surface area contributed by atoms with Crippen LogP contribution in [0.15, 0.2) is 35.0 Å². The molecular formula is C17H21FN2O2S. The number of nitrogens with one attached hydrogen (secondary N) is 2. The Balaban J connectivity index is 2.15. The highest BCUT2D eigenvalue weighted by atomic mass is 32.1. The molecule has 1 atom stereocenters. The molecule has 0 aliphatic heterocycles. The zero-order chi connectivity index (χ0) is 17.0. The van der Waals surface area contributed by atoms with E-state index in [0.717, 1.165) is 5.56 Å². The number of halogens is 1. The molecule has 1 aromatic carbocycles. The Kier molecular flexibility index (Phi) is 5.26. The summed E-state index contributed by atoms with van der Waals surface area (Å²) >= 11 is 1.60. The minimum atomic E-state index is -0.596. The van der Waals surface area contributed by atoms with Crippen LogP contribution in [0.25, 0.3) is 0 Å². The van der Waals surface area contributed by atoms with E-state index in [9.17, 15) is 9.18 Å². The van der Waals surface area contributed by atoms with Gasteiger partial charge in [0.15, 0.2) is 0 Å². The third-order valence-corrected chi connectivity index (χ3v) is 3.73. The monoisotopic (exact) mass is 336 g/mol. The van der Waals surface area contributed by atoms with Gasteiger partial charge >= 0.3 is 6.09 Å². The van der Waals surface area contributed by atoms with Crippen LogP contribution in [-0.2, 0) is 4.74 Å². The van der Waals surface area contributed by atoms with Gasteiger partial charge < -0.3 is 10.1 Å². The van der Waals surface area contributed by atoms with E-state index < -0.39 is 11.7 Å². The van der Waals surface area contributed by atoms with Crippen LogP contribution in [0.4, 0.5) is 20.6 Å². The van der Waals surface area contributed by atoms with Gasteiger partial charge in [-0.25, -0.2) is 9.18 Å². The van der Waals surface area contributed by atoms with E-state index in [1.807, 2.05) is 23.8 Å². The van der Waals surface area contributed by atoms with Crippen molar-refractivity contribution in [3.63, 3.8) is 0 Å². The maximum atomic E-state index is 13.6. The Morgan fingerprint density at radius 3 is 2.61 bits per heavy atom. The number of benzene rings is 1. The first-order valence-corrected chi connectivity index (χ1v) is 8.27. The van der Waals surface area contributed by atoms with Gasteiger partial charge in [0.1, 0.15) is 11.4 Å². The van der Waals surface area contributed by atoms with Gasteiger partial charge in [0.25, 0.3) is 0 Å². The molecule has 23 heavy (non-hydrogen) atoms. The summed E-state index contributed by atoms with van der Waals surface area (Å²) in [5.41, 5.74) is 1.49. The molecule has 0 fully saturated rings. The summed E-state index contributed by atoms with van der Waals surface area (Å²) in [6.07, 6.45) is -0.574. The highest BCUT2D eigenvalue weighted by molar-refractivity contribution is 7.08. The molecule has 1 aromatic heterocycles. The molecule has 2 aromatic rings. The molecular weight excluding hydrogens is 315 g/mol. The number of thiophene rings is 1. The lowest BCUT2D eigenvalue weighted by molar-refractivity contribution is 0.0636. The van der Waals surface area contributed by atoms with Crippen LogP contribution in [0.3, 0.4) is 0 Å². The molecule has 2 rings (SSSR count). The van der Waals surface area contributed by atoms with E-state index >= 15 is 0 Å². The normalized spacial score (nSPS) is 12.6. The number of hydrogen-bond donors (Lipinski definition) is 2. The summed E-state index contributed by atoms with van der Waals surface area (Å²) in [6.45, 7) is 7.34. The van der Waals surface area contributed by atoms with Gasteiger partial charge in [-0.15, -0.1) is 0 Å². The number of hydrogen-bond acceptors (Lipinski definition) is 4. The zero-order valence-electron chi connectivity index (χ0n) is 13.6. The maximum absolute atomic E-state index is 13.6. The summed E-state index contributed by atoms with van der Waals surface area (Å²) in [6, 6.07) is 6.16. The molecule has 6 heteroatoms. The fraction of sp³-hybridized carbons (Fsp3) is 0.353. The molecule has 0 bridgehead atoms. The van der Waals surface area contributed by atoms with Crippen molar-refractivity contribution in [2.45, 2.75) is 39.3 Å². The molecule has 0 aliphatic carbocycles. The Labute approximate surface area is 139 Å². The molecule has 1 unspecified atom stereocenters. The minimum Gasteiger partial charge on any atom is -0.444 e. The molecule has 124 valence electrons. The topological polar surface area (TPSA) is 50.4 Å². The molecule has 0 aliphatic rings. The molecule has 1 amide bonds. The Morgan fingerprint density at radius 1 is 1.26 bits per heavy atom. The Morgan fingerprint density at radius 2 is 2.00 bits per heavy atom. The summed E-state index contributed by atoms with van der Waals surface area (Å²) < 4.78 is 18.8. The van der Waals surface area contributed by atoms with Crippen molar-refractivity contribution in [2.24, 2.45) is 0 Å². The Bertz CT molecular complexity index is 666. The highest BCUT2D eigenvalue weighted by Crippen LogP contribution is 2.28. The maximum Gasteiger partial charge on any atom is 0.412 e. The van der Waals surface area contributed by atoms with E-state index in [1.54, 1.807) is 32.1 Å². The van der Waals surface area contributed by atoms with Crippen LogP contribution in [0.2, 0.25) is 0 Å². The lowest BCUT2D eigenvalue weighted by atomic mass is 10.1. The fourth-order valence-electron chi connectivity index (χ4n) is 2.00. The number of anilines is 2. The quantitative estimate of drug-likeness (QED) is 0.785. The second kappa shape index (κ2) is 7.00. The van der Waals surface area contributed by atoms with Crippen molar-refractivity contribution in [3.05, 3.63) is 46.4 Å². The van der Waals surface area contributed by atoms with Crippen molar-refractivity contribution in [1.29, 1.82) is 0 Å². The van der Waals surface area contributed by atoms with Crippen LogP contribution < -0.4 is 10.6 Å².